The Morgan fingerprint density at radius 3 is 1.67 bits per heavy atom. The topological polar surface area (TPSA) is 0 Å². The molecule has 0 aromatic rings. The van der Waals surface area contributed by atoms with E-state index in [0.717, 1.165) is 6.42 Å². The zero-order chi connectivity index (χ0) is 3.41. The molecule has 0 saturated heterocycles. The van der Waals surface area contributed by atoms with Crippen LogP contribution in [0.25, 0.3) is 0 Å². The Kier molecular flexibility index (Phi) is 43.1. The molecule has 0 nitrogen and oxygen atoms in total. The molecule has 0 aliphatic carbocycles. The molecule has 0 N–H and O–H groups in total. The van der Waals surface area contributed by atoms with Crippen molar-refractivity contribution in [3.8, 4) is 0 Å². The second kappa shape index (κ2) is 16.5. The van der Waals surface area contributed by atoms with Crippen molar-refractivity contribution in [2.24, 2.45) is 0 Å². The van der Waals surface area contributed by atoms with E-state index < -0.39 is 0 Å². The van der Waals surface area contributed by atoms with E-state index in [0.29, 0.717) is 0 Å². The summed E-state index contributed by atoms with van der Waals surface area (Å²) in [6.45, 7) is 5.72. The fraction of sp³-hybridized carbons (Fsp3) is 0.750. The van der Waals surface area contributed by atoms with E-state index in [4.69, 9.17) is 0 Å². The van der Waals surface area contributed by atoms with E-state index in [1.807, 2.05) is 0 Å². The van der Waals surface area contributed by atoms with Gasteiger partial charge in [-0.15, -0.1) is 0 Å². The second-order valence-corrected chi connectivity index (χ2v) is 0.854. The van der Waals surface area contributed by atoms with Crippen LogP contribution in [0.1, 0.15) is 19.8 Å². The van der Waals surface area contributed by atoms with Crippen molar-refractivity contribution in [1.82, 2.24) is 0 Å². The standard InChI is InChI=1S/C4H9.Al.Li.4H/c1-3-4-2;;;;;;/h1,3-4H2,2H3;;;;;;. The van der Waals surface area contributed by atoms with Crippen molar-refractivity contribution in [1.29, 1.82) is 0 Å². The summed E-state index contributed by atoms with van der Waals surface area (Å²) < 4.78 is 0. The molecule has 0 aromatic heterocycles. The van der Waals surface area contributed by atoms with Crippen LogP contribution in [0.2, 0.25) is 0 Å². The molecule has 0 heterocycles. The quantitative estimate of drug-likeness (QED) is 0.395. The normalized spacial score (nSPS) is 5.00. The van der Waals surface area contributed by atoms with E-state index in [1.165, 1.54) is 6.42 Å². The molecule has 33 valence electrons. The van der Waals surface area contributed by atoms with Crippen LogP contribution in [0.15, 0.2) is 0 Å². The fourth-order valence-electron chi connectivity index (χ4n) is 0. The second-order valence-electron chi connectivity index (χ2n) is 0.854. The van der Waals surface area contributed by atoms with Gasteiger partial charge in [-0.2, -0.15) is 0 Å². The molecular weight excluding hydrogens is 82.0 g/mol. The Hall–Kier alpha value is 1.13. The van der Waals surface area contributed by atoms with Gasteiger partial charge in [0.15, 0.2) is 17.4 Å². The van der Waals surface area contributed by atoms with Gasteiger partial charge in [0, 0.05) is 0 Å². The van der Waals surface area contributed by atoms with Crippen molar-refractivity contribution < 1.29 is 0 Å². The van der Waals surface area contributed by atoms with Crippen LogP contribution in [0.5, 0.6) is 0 Å². The molecule has 0 unspecified atom stereocenters. The van der Waals surface area contributed by atoms with Crippen LogP contribution in [0, 0.1) is 6.92 Å². The SMILES string of the molecule is [AlH3].[CH2]CCC.[LiH]. The average Bonchev–Trinajstić information content (AvgIpc) is 1.37. The molecule has 0 spiro atoms. The number of unbranched alkanes of at least 4 members (excludes halogenated alkanes) is 1. The molecule has 0 fully saturated rings. The van der Waals surface area contributed by atoms with Crippen LogP contribution >= 0.6 is 0 Å². The monoisotopic (exact) mass is 95.1 g/mol. The van der Waals surface area contributed by atoms with Crippen molar-refractivity contribution in [2.45, 2.75) is 19.8 Å². The molecule has 0 rings (SSSR count). The van der Waals surface area contributed by atoms with E-state index in [2.05, 4.69) is 13.8 Å². The van der Waals surface area contributed by atoms with Crippen LogP contribution in [-0.2, 0) is 0 Å². The van der Waals surface area contributed by atoms with Crippen molar-refractivity contribution in [3.05, 3.63) is 6.92 Å². The molecule has 0 aromatic carbocycles. The molecule has 1 radical (unpaired) electrons. The van der Waals surface area contributed by atoms with Gasteiger partial charge in [-0.1, -0.05) is 26.7 Å². The summed E-state index contributed by atoms with van der Waals surface area (Å²) in [5, 5.41) is 0. The van der Waals surface area contributed by atoms with Crippen molar-refractivity contribution in [3.63, 3.8) is 0 Å². The van der Waals surface area contributed by atoms with Gasteiger partial charge >= 0.3 is 18.9 Å². The summed E-state index contributed by atoms with van der Waals surface area (Å²) >= 11 is 0. The number of hydrogen-bond acceptors (Lipinski definition) is 0. The molecule has 0 amide bonds. The molecular formula is C4H13AlLi. The predicted molar refractivity (Wildman–Crippen MR) is 37.4 cm³/mol. The first-order valence-electron chi connectivity index (χ1n) is 1.71. The van der Waals surface area contributed by atoms with E-state index >= 15 is 0 Å². The minimum atomic E-state index is 0. The van der Waals surface area contributed by atoms with Crippen LogP contribution < -0.4 is 0 Å². The summed E-state index contributed by atoms with van der Waals surface area (Å²) in [7, 11) is 0. The van der Waals surface area contributed by atoms with Gasteiger partial charge < -0.3 is 0 Å². The van der Waals surface area contributed by atoms with Gasteiger partial charge in [-0.05, 0) is 0 Å². The maximum absolute atomic E-state index is 3.60. The predicted octanol–water partition coefficient (Wildman–Crippen LogP) is -0.212. The fourth-order valence-corrected chi connectivity index (χ4v) is 0. The summed E-state index contributed by atoms with van der Waals surface area (Å²) in [6, 6.07) is 0. The molecule has 2 heteroatoms. The maximum atomic E-state index is 3.60. The molecule has 0 aliphatic rings. The Labute approximate surface area is 63.0 Å². The third-order valence-corrected chi connectivity index (χ3v) is 0.354. The summed E-state index contributed by atoms with van der Waals surface area (Å²) in [6.07, 6.45) is 2.28. The summed E-state index contributed by atoms with van der Waals surface area (Å²) in [5.41, 5.74) is 0. The summed E-state index contributed by atoms with van der Waals surface area (Å²) in [4.78, 5) is 0. The van der Waals surface area contributed by atoms with Gasteiger partial charge in [0.05, 0.1) is 0 Å². The molecule has 0 saturated carbocycles. The number of rotatable bonds is 1. The Morgan fingerprint density at radius 1 is 1.50 bits per heavy atom. The zero-order valence-corrected chi connectivity index (χ0v) is 3.12. The van der Waals surface area contributed by atoms with E-state index in [1.54, 1.807) is 0 Å². The van der Waals surface area contributed by atoms with Crippen molar-refractivity contribution in [2.75, 3.05) is 0 Å². The average molecular weight is 95.1 g/mol. The molecule has 6 heavy (non-hydrogen) atoms. The van der Waals surface area contributed by atoms with Crippen LogP contribution in [0.3, 0.4) is 0 Å². The Morgan fingerprint density at radius 2 is 1.67 bits per heavy atom. The van der Waals surface area contributed by atoms with Crippen LogP contribution in [0.4, 0.5) is 0 Å². The Bertz CT molecular complexity index is 9.51. The zero-order valence-electron chi connectivity index (χ0n) is 3.12. The third-order valence-electron chi connectivity index (χ3n) is 0.354. The van der Waals surface area contributed by atoms with E-state index in [-0.39, 0.29) is 36.2 Å². The van der Waals surface area contributed by atoms with E-state index in [9.17, 15) is 0 Å². The first-order valence-corrected chi connectivity index (χ1v) is 1.71. The van der Waals surface area contributed by atoms with Crippen LogP contribution in [-0.4, -0.2) is 36.2 Å². The van der Waals surface area contributed by atoms with Gasteiger partial charge in [0.1, 0.15) is 0 Å². The van der Waals surface area contributed by atoms with Gasteiger partial charge in [-0.25, -0.2) is 0 Å². The Balaban J connectivity index is -0.0000000450. The molecule has 0 atom stereocenters. The third kappa shape index (κ3) is 19.3. The minimum absolute atomic E-state index is 0. The van der Waals surface area contributed by atoms with Crippen molar-refractivity contribution >= 4 is 36.2 Å². The van der Waals surface area contributed by atoms with Gasteiger partial charge in [-0.3, -0.25) is 0 Å². The van der Waals surface area contributed by atoms with Gasteiger partial charge in [0.2, 0.25) is 0 Å². The number of hydrogen-bond donors (Lipinski definition) is 0. The first-order chi connectivity index (χ1) is 1.91. The molecule has 0 aliphatic heterocycles. The summed E-state index contributed by atoms with van der Waals surface area (Å²) in [5.74, 6) is 0. The first kappa shape index (κ1) is 15.7. The molecule has 0 bridgehead atoms. The van der Waals surface area contributed by atoms with Gasteiger partial charge in [0.25, 0.3) is 0 Å².